The van der Waals surface area contributed by atoms with E-state index in [0.29, 0.717) is 21.3 Å². The number of aryl methyl sites for hydroxylation is 1. The number of carbonyl (C=O) groups is 1. The molecule has 0 atom stereocenters. The van der Waals surface area contributed by atoms with Crippen LogP contribution >= 0.6 is 11.3 Å². The summed E-state index contributed by atoms with van der Waals surface area (Å²) in [4.78, 5) is 29.6. The highest BCUT2D eigenvalue weighted by Gasteiger charge is 2.11. The standard InChI is InChI=1S/C22H21N5O3S/c1-3-14-4-8-16(9-5-14)24-21(29)23-13-17-12-19(28)27-22(25-17)31-20(26-27)15-6-10-18(30-2)11-7-15/h4-12H,3,13H2,1-2H3,(H2,23,24,29). The third-order valence-corrected chi connectivity index (χ3v) is 5.64. The van der Waals surface area contributed by atoms with Crippen molar-refractivity contribution in [2.24, 2.45) is 0 Å². The maximum absolute atomic E-state index is 12.5. The normalized spacial score (nSPS) is 10.8. The number of hydrogen-bond acceptors (Lipinski definition) is 6. The lowest BCUT2D eigenvalue weighted by Crippen LogP contribution is -2.29. The fraction of sp³-hybridized carbons (Fsp3) is 0.182. The maximum atomic E-state index is 12.5. The summed E-state index contributed by atoms with van der Waals surface area (Å²) in [5, 5.41) is 10.5. The molecule has 9 heteroatoms. The van der Waals surface area contributed by atoms with Gasteiger partial charge >= 0.3 is 6.03 Å². The first-order chi connectivity index (χ1) is 15.1. The van der Waals surface area contributed by atoms with Gasteiger partial charge in [0.1, 0.15) is 10.8 Å². The minimum Gasteiger partial charge on any atom is -0.497 e. The van der Waals surface area contributed by atoms with Gasteiger partial charge < -0.3 is 15.4 Å². The van der Waals surface area contributed by atoms with Gasteiger partial charge in [0.15, 0.2) is 0 Å². The van der Waals surface area contributed by atoms with Gasteiger partial charge in [0, 0.05) is 17.3 Å². The van der Waals surface area contributed by atoms with E-state index >= 15 is 0 Å². The van der Waals surface area contributed by atoms with Crippen molar-refractivity contribution < 1.29 is 9.53 Å². The number of amides is 2. The van der Waals surface area contributed by atoms with E-state index in [1.54, 1.807) is 7.11 Å². The number of carbonyl (C=O) groups excluding carboxylic acids is 1. The number of benzene rings is 2. The Hall–Kier alpha value is -3.72. The number of methoxy groups -OCH3 is 1. The first-order valence-electron chi connectivity index (χ1n) is 9.73. The molecule has 2 aromatic carbocycles. The lowest BCUT2D eigenvalue weighted by Gasteiger charge is -2.08. The van der Waals surface area contributed by atoms with Crippen molar-refractivity contribution in [2.45, 2.75) is 19.9 Å². The number of fused-ring (bicyclic) bond motifs is 1. The van der Waals surface area contributed by atoms with Gasteiger partial charge in [-0.2, -0.15) is 9.61 Å². The van der Waals surface area contributed by atoms with E-state index in [9.17, 15) is 9.59 Å². The molecule has 2 heterocycles. The van der Waals surface area contributed by atoms with Crippen LogP contribution in [0.25, 0.3) is 15.5 Å². The van der Waals surface area contributed by atoms with Gasteiger partial charge in [0.05, 0.1) is 19.3 Å². The number of aromatic nitrogens is 3. The van der Waals surface area contributed by atoms with E-state index in [0.717, 1.165) is 17.7 Å². The number of nitrogens with one attached hydrogen (secondary N) is 2. The lowest BCUT2D eigenvalue weighted by molar-refractivity contribution is 0.251. The third-order valence-electron chi connectivity index (χ3n) is 4.69. The predicted octanol–water partition coefficient (Wildman–Crippen LogP) is 3.71. The molecule has 4 rings (SSSR count). The van der Waals surface area contributed by atoms with Crippen LogP contribution in [0.2, 0.25) is 0 Å². The highest BCUT2D eigenvalue weighted by atomic mass is 32.1. The van der Waals surface area contributed by atoms with E-state index in [-0.39, 0.29) is 18.1 Å². The summed E-state index contributed by atoms with van der Waals surface area (Å²) in [6, 6.07) is 16.1. The molecule has 158 valence electrons. The van der Waals surface area contributed by atoms with Gasteiger partial charge in [-0.25, -0.2) is 9.78 Å². The summed E-state index contributed by atoms with van der Waals surface area (Å²) in [6.45, 7) is 2.20. The van der Waals surface area contributed by atoms with Crippen molar-refractivity contribution in [3.05, 3.63) is 76.2 Å². The molecule has 0 unspecified atom stereocenters. The zero-order valence-electron chi connectivity index (χ0n) is 17.1. The summed E-state index contributed by atoms with van der Waals surface area (Å²) < 4.78 is 6.44. The molecule has 0 aliphatic carbocycles. The summed E-state index contributed by atoms with van der Waals surface area (Å²) in [7, 11) is 1.61. The Morgan fingerprint density at radius 2 is 1.87 bits per heavy atom. The molecule has 2 aromatic heterocycles. The Kier molecular flexibility index (Phi) is 5.94. The van der Waals surface area contributed by atoms with Gasteiger partial charge in [-0.1, -0.05) is 30.4 Å². The summed E-state index contributed by atoms with van der Waals surface area (Å²) in [5.41, 5.74) is 2.93. The molecule has 0 spiro atoms. The zero-order chi connectivity index (χ0) is 21.8. The first-order valence-corrected chi connectivity index (χ1v) is 10.6. The molecule has 8 nitrogen and oxygen atoms in total. The molecular formula is C22H21N5O3S. The van der Waals surface area contributed by atoms with Crippen LogP contribution in [0.4, 0.5) is 10.5 Å². The number of nitrogens with zero attached hydrogens (tertiary/aromatic N) is 3. The SMILES string of the molecule is CCc1ccc(NC(=O)NCc2cc(=O)n3nc(-c4ccc(OC)cc4)sc3n2)cc1. The molecule has 2 N–H and O–H groups in total. The van der Waals surface area contributed by atoms with Crippen LogP contribution in [0.1, 0.15) is 18.2 Å². The van der Waals surface area contributed by atoms with Crippen molar-refractivity contribution in [2.75, 3.05) is 12.4 Å². The molecular weight excluding hydrogens is 414 g/mol. The molecule has 0 aliphatic rings. The smallest absolute Gasteiger partial charge is 0.319 e. The number of urea groups is 1. The van der Waals surface area contributed by atoms with Crippen LogP contribution < -0.4 is 20.9 Å². The fourth-order valence-electron chi connectivity index (χ4n) is 2.97. The minimum absolute atomic E-state index is 0.125. The minimum atomic E-state index is -0.366. The van der Waals surface area contributed by atoms with Crippen LogP contribution in [0.5, 0.6) is 5.75 Å². The van der Waals surface area contributed by atoms with Gasteiger partial charge in [-0.15, -0.1) is 0 Å². The second-order valence-electron chi connectivity index (χ2n) is 6.77. The fourth-order valence-corrected chi connectivity index (χ4v) is 3.90. The van der Waals surface area contributed by atoms with E-state index in [2.05, 4.69) is 27.6 Å². The summed E-state index contributed by atoms with van der Waals surface area (Å²) >= 11 is 1.30. The average molecular weight is 436 g/mol. The average Bonchev–Trinajstić information content (AvgIpc) is 3.23. The Balaban J connectivity index is 1.46. The lowest BCUT2D eigenvalue weighted by atomic mass is 10.1. The molecule has 2 amide bonds. The predicted molar refractivity (Wildman–Crippen MR) is 121 cm³/mol. The van der Waals surface area contributed by atoms with Gasteiger partial charge in [-0.3, -0.25) is 4.79 Å². The van der Waals surface area contributed by atoms with Crippen LogP contribution in [-0.4, -0.2) is 27.7 Å². The number of rotatable bonds is 6. The quantitative estimate of drug-likeness (QED) is 0.481. The Labute approximate surface area is 182 Å². The summed E-state index contributed by atoms with van der Waals surface area (Å²) in [6.07, 6.45) is 0.938. The van der Waals surface area contributed by atoms with E-state index in [1.165, 1.54) is 27.5 Å². The Bertz CT molecular complexity index is 1260. The molecule has 0 fully saturated rings. The van der Waals surface area contributed by atoms with Crippen molar-refractivity contribution in [3.63, 3.8) is 0 Å². The first kappa shape index (κ1) is 20.5. The highest BCUT2D eigenvalue weighted by Crippen LogP contribution is 2.26. The molecule has 31 heavy (non-hydrogen) atoms. The van der Waals surface area contributed by atoms with Gasteiger partial charge in [-0.05, 0) is 48.4 Å². The van der Waals surface area contributed by atoms with E-state index in [1.807, 2.05) is 48.5 Å². The molecule has 0 saturated heterocycles. The van der Waals surface area contributed by atoms with Gasteiger partial charge in [0.25, 0.3) is 5.56 Å². The van der Waals surface area contributed by atoms with Crippen molar-refractivity contribution in [3.8, 4) is 16.3 Å². The van der Waals surface area contributed by atoms with Gasteiger partial charge in [0.2, 0.25) is 4.96 Å². The second kappa shape index (κ2) is 8.97. The van der Waals surface area contributed by atoms with Crippen molar-refractivity contribution >= 4 is 28.0 Å². The molecule has 0 saturated carbocycles. The maximum Gasteiger partial charge on any atom is 0.319 e. The van der Waals surface area contributed by atoms with Crippen LogP contribution in [-0.2, 0) is 13.0 Å². The van der Waals surface area contributed by atoms with Crippen molar-refractivity contribution in [1.29, 1.82) is 0 Å². The number of anilines is 1. The van der Waals surface area contributed by atoms with E-state index < -0.39 is 0 Å². The largest absolute Gasteiger partial charge is 0.497 e. The van der Waals surface area contributed by atoms with Crippen LogP contribution in [0.15, 0.2) is 59.4 Å². The number of hydrogen-bond donors (Lipinski definition) is 2. The topological polar surface area (TPSA) is 97.6 Å². The van der Waals surface area contributed by atoms with Crippen LogP contribution in [0, 0.1) is 0 Å². The second-order valence-corrected chi connectivity index (χ2v) is 7.73. The monoisotopic (exact) mass is 435 g/mol. The highest BCUT2D eigenvalue weighted by molar-refractivity contribution is 7.19. The third kappa shape index (κ3) is 4.72. The Morgan fingerprint density at radius 3 is 2.55 bits per heavy atom. The Morgan fingerprint density at radius 1 is 1.13 bits per heavy atom. The zero-order valence-corrected chi connectivity index (χ0v) is 17.9. The molecule has 0 aliphatic heterocycles. The van der Waals surface area contributed by atoms with Crippen LogP contribution in [0.3, 0.4) is 0 Å². The molecule has 0 radical (unpaired) electrons. The molecule has 4 aromatic rings. The summed E-state index contributed by atoms with van der Waals surface area (Å²) in [5.74, 6) is 0.744. The van der Waals surface area contributed by atoms with Crippen molar-refractivity contribution in [1.82, 2.24) is 19.9 Å². The van der Waals surface area contributed by atoms with E-state index in [4.69, 9.17) is 4.74 Å². The molecule has 0 bridgehead atoms. The number of ether oxygens (including phenoxy) is 1.